The highest BCUT2D eigenvalue weighted by Gasteiger charge is 2.18. The van der Waals surface area contributed by atoms with E-state index in [0.29, 0.717) is 50.3 Å². The fourth-order valence-electron chi connectivity index (χ4n) is 2.56. The molecule has 0 heterocycles. The van der Waals surface area contributed by atoms with Crippen molar-refractivity contribution in [3.8, 4) is 5.75 Å². The van der Waals surface area contributed by atoms with Crippen LogP contribution in [0.4, 0.5) is 0 Å². The molecular formula is C24H39N3O6S2. The Morgan fingerprint density at radius 2 is 1.89 bits per heavy atom. The summed E-state index contributed by atoms with van der Waals surface area (Å²) in [4.78, 5) is 34.5. The first-order valence-electron chi connectivity index (χ1n) is 11.6. The lowest BCUT2D eigenvalue weighted by Gasteiger charge is -2.22. The third kappa shape index (κ3) is 16.5. The van der Waals surface area contributed by atoms with Crippen molar-refractivity contribution in [1.29, 1.82) is 0 Å². The molecule has 2 amide bonds. The zero-order chi connectivity index (χ0) is 25.9. The summed E-state index contributed by atoms with van der Waals surface area (Å²) in [6.07, 6.45) is 1.93. The molecule has 198 valence electrons. The minimum Gasteiger partial charge on any atom is -0.490 e. The van der Waals surface area contributed by atoms with Crippen molar-refractivity contribution in [3.63, 3.8) is 0 Å². The molecule has 3 N–H and O–H groups in total. The number of carbonyl (C=O) groups is 3. The van der Waals surface area contributed by atoms with Gasteiger partial charge in [0.15, 0.2) is 0 Å². The fraction of sp³-hybridized carbons (Fsp3) is 0.625. The lowest BCUT2D eigenvalue weighted by atomic mass is 10.2. The lowest BCUT2D eigenvalue weighted by molar-refractivity contribution is -0.121. The fourth-order valence-corrected chi connectivity index (χ4v) is 4.75. The number of amides is 2. The average Bonchev–Trinajstić information content (AvgIpc) is 2.82. The van der Waals surface area contributed by atoms with Crippen LogP contribution in [0.25, 0.3) is 0 Å². The highest BCUT2D eigenvalue weighted by Crippen LogP contribution is 2.38. The number of nitrogens with one attached hydrogen (secondary N) is 3. The molecule has 0 spiro atoms. The molecule has 0 saturated carbocycles. The van der Waals surface area contributed by atoms with Crippen molar-refractivity contribution < 1.29 is 28.6 Å². The second kappa shape index (κ2) is 18.5. The first-order valence-corrected chi connectivity index (χ1v) is 13.9. The molecule has 1 aromatic carbocycles. The summed E-state index contributed by atoms with van der Waals surface area (Å²) in [5, 5.41) is 8.59. The van der Waals surface area contributed by atoms with Crippen LogP contribution in [0.5, 0.6) is 5.75 Å². The van der Waals surface area contributed by atoms with E-state index in [9.17, 15) is 14.4 Å². The Kier molecular flexibility index (Phi) is 16.5. The van der Waals surface area contributed by atoms with Crippen LogP contribution in [0.1, 0.15) is 44.0 Å². The van der Waals surface area contributed by atoms with Crippen molar-refractivity contribution in [2.75, 3.05) is 53.1 Å². The number of hydrogen-bond acceptors (Lipinski definition) is 9. The molecule has 11 heteroatoms. The van der Waals surface area contributed by atoms with E-state index in [1.54, 1.807) is 45.9 Å². The number of carbonyl (C=O) groups excluding carboxylic acids is 3. The number of rotatable bonds is 19. The Hall–Kier alpha value is -1.79. The van der Waals surface area contributed by atoms with Crippen molar-refractivity contribution in [2.45, 2.75) is 43.8 Å². The second-order valence-electron chi connectivity index (χ2n) is 8.49. The Morgan fingerprint density at radius 1 is 1.11 bits per heavy atom. The van der Waals surface area contributed by atoms with Crippen molar-refractivity contribution in [1.82, 2.24) is 16.0 Å². The zero-order valence-electron chi connectivity index (χ0n) is 21.1. The van der Waals surface area contributed by atoms with Crippen LogP contribution in [0.3, 0.4) is 0 Å². The van der Waals surface area contributed by atoms with Gasteiger partial charge in [0.1, 0.15) is 30.7 Å². The van der Waals surface area contributed by atoms with E-state index in [-0.39, 0.29) is 35.2 Å². The quantitative estimate of drug-likeness (QED) is 0.108. The summed E-state index contributed by atoms with van der Waals surface area (Å²) in [5.74, 6) is 0.291. The summed E-state index contributed by atoms with van der Waals surface area (Å²) in [7, 11) is 5.11. The van der Waals surface area contributed by atoms with Crippen molar-refractivity contribution in [3.05, 3.63) is 29.8 Å². The van der Waals surface area contributed by atoms with Gasteiger partial charge in [-0.15, -0.1) is 0 Å². The molecule has 1 aromatic rings. The van der Waals surface area contributed by atoms with Crippen LogP contribution in [0.15, 0.2) is 24.3 Å². The molecule has 0 radical (unpaired) electrons. The third-order valence-electron chi connectivity index (χ3n) is 4.17. The van der Waals surface area contributed by atoms with Crippen molar-refractivity contribution >= 4 is 39.7 Å². The maximum absolute atomic E-state index is 12.5. The highest BCUT2D eigenvalue weighted by molar-refractivity contribution is 8.77. The summed E-state index contributed by atoms with van der Waals surface area (Å²) >= 11 is 0. The number of hydrogen-bond donors (Lipinski definition) is 3. The van der Waals surface area contributed by atoms with E-state index in [1.807, 2.05) is 7.05 Å². The Balaban J connectivity index is 2.49. The van der Waals surface area contributed by atoms with Crippen LogP contribution in [-0.4, -0.2) is 81.4 Å². The van der Waals surface area contributed by atoms with Gasteiger partial charge in [0.2, 0.25) is 5.91 Å². The van der Waals surface area contributed by atoms with E-state index in [2.05, 4.69) is 36.7 Å². The molecule has 9 nitrogen and oxygen atoms in total. The molecule has 1 unspecified atom stereocenters. The molecule has 0 aliphatic rings. The summed E-state index contributed by atoms with van der Waals surface area (Å²) in [6.45, 7) is 8.85. The van der Waals surface area contributed by atoms with Gasteiger partial charge in [-0.05, 0) is 38.2 Å². The molecule has 1 rings (SSSR count). The zero-order valence-corrected chi connectivity index (χ0v) is 22.7. The molecule has 0 aliphatic heterocycles. The topological polar surface area (TPSA) is 115 Å². The van der Waals surface area contributed by atoms with Gasteiger partial charge in [-0.1, -0.05) is 48.4 Å². The van der Waals surface area contributed by atoms with Gasteiger partial charge < -0.3 is 35.0 Å². The molecule has 1 atom stereocenters. The summed E-state index contributed by atoms with van der Waals surface area (Å²) in [5.41, 5.74) is 0.215. The van der Waals surface area contributed by atoms with E-state index in [1.165, 1.54) is 0 Å². The van der Waals surface area contributed by atoms with Crippen LogP contribution < -0.4 is 20.7 Å². The molecule has 0 aromatic heterocycles. The van der Waals surface area contributed by atoms with Gasteiger partial charge in [0, 0.05) is 29.8 Å². The van der Waals surface area contributed by atoms with Gasteiger partial charge in [0.25, 0.3) is 5.91 Å². The van der Waals surface area contributed by atoms with Gasteiger partial charge in [-0.2, -0.15) is 0 Å². The number of ether oxygens (including phenoxy) is 3. The largest absolute Gasteiger partial charge is 0.490 e. The Labute approximate surface area is 216 Å². The molecular weight excluding hydrogens is 490 g/mol. The second-order valence-corrected chi connectivity index (χ2v) is 11.7. The van der Waals surface area contributed by atoms with Crippen LogP contribution >= 0.6 is 21.6 Å². The minimum absolute atomic E-state index is 0.0283. The maximum Gasteiger partial charge on any atom is 0.251 e. The van der Waals surface area contributed by atoms with Gasteiger partial charge in [0.05, 0.1) is 13.2 Å². The first kappa shape index (κ1) is 31.2. The Morgan fingerprint density at radius 3 is 2.60 bits per heavy atom. The van der Waals surface area contributed by atoms with E-state index >= 15 is 0 Å². The molecule has 0 bridgehead atoms. The standard InChI is InChI=1S/C24H39N3O6S2/c1-24(2,3)35-34-22(32-16-15-31-14-13-28)18-33-20-8-5-7-19(17-20)23(30)27-12-11-26-21(29)9-6-10-25-4/h5,7-8,13,17,22,25H,6,9-12,14-16,18H2,1-4H3,(H,26,29)(H,27,30). The molecule has 0 fully saturated rings. The van der Waals surface area contributed by atoms with Gasteiger partial charge >= 0.3 is 0 Å². The first-order chi connectivity index (χ1) is 16.7. The number of aldehydes is 1. The monoisotopic (exact) mass is 529 g/mol. The maximum atomic E-state index is 12.5. The van der Waals surface area contributed by atoms with Crippen LogP contribution in [0.2, 0.25) is 0 Å². The van der Waals surface area contributed by atoms with Crippen LogP contribution in [-0.2, 0) is 19.1 Å². The number of benzene rings is 1. The SMILES string of the molecule is CNCCCC(=O)NCCNC(=O)c1cccc(OCC(OCCOCC=O)SSC(C)(C)C)c1. The average molecular weight is 530 g/mol. The van der Waals surface area contributed by atoms with E-state index in [4.69, 9.17) is 14.2 Å². The highest BCUT2D eigenvalue weighted by atomic mass is 33.1. The van der Waals surface area contributed by atoms with Gasteiger partial charge in [-0.25, -0.2) is 0 Å². The summed E-state index contributed by atoms with van der Waals surface area (Å²) in [6, 6.07) is 6.93. The smallest absolute Gasteiger partial charge is 0.251 e. The molecule has 0 aliphatic carbocycles. The van der Waals surface area contributed by atoms with Crippen LogP contribution in [0, 0.1) is 0 Å². The summed E-state index contributed by atoms with van der Waals surface area (Å²) < 4.78 is 17.0. The molecule has 35 heavy (non-hydrogen) atoms. The molecule has 0 saturated heterocycles. The minimum atomic E-state index is -0.256. The van der Waals surface area contributed by atoms with Gasteiger partial charge in [-0.3, -0.25) is 9.59 Å². The third-order valence-corrected chi connectivity index (χ3v) is 7.68. The Bertz CT molecular complexity index is 761. The lowest BCUT2D eigenvalue weighted by Crippen LogP contribution is -2.34. The van der Waals surface area contributed by atoms with E-state index < -0.39 is 0 Å². The van der Waals surface area contributed by atoms with E-state index in [0.717, 1.165) is 13.0 Å². The normalized spacial score (nSPS) is 12.1. The van der Waals surface area contributed by atoms with Crippen molar-refractivity contribution in [2.24, 2.45) is 0 Å². The predicted molar refractivity (Wildman–Crippen MR) is 142 cm³/mol. The predicted octanol–water partition coefficient (Wildman–Crippen LogP) is 2.65.